The number of nitrogens with zero attached hydrogens (tertiary/aromatic N) is 3. The molecule has 0 radical (unpaired) electrons. The molecule has 0 atom stereocenters. The van der Waals surface area contributed by atoms with Crippen molar-refractivity contribution in [1.29, 1.82) is 0 Å². The fourth-order valence-electron chi connectivity index (χ4n) is 4.46. The van der Waals surface area contributed by atoms with Gasteiger partial charge in [0.1, 0.15) is 6.61 Å². The summed E-state index contributed by atoms with van der Waals surface area (Å²) in [4.78, 5) is 33.2. The smallest absolute Gasteiger partial charge is 0.248 e. The number of amides is 2. The molecule has 1 saturated heterocycles. The summed E-state index contributed by atoms with van der Waals surface area (Å²) in [6.45, 7) is 1.96. The minimum Gasteiger partial charge on any atom is -0.375 e. The normalized spacial score (nSPS) is 18.2. The first kappa shape index (κ1) is 18.6. The standard InChI is InChI=1S/C22H25N3O3/c1-28-16-21(27)24-11-8-22(9-12-24)13-20(26)25(15-17-5-4-10-23-14-17)19-7-3-2-6-18(19)22/h2-7,10,14H,8-9,11-13,15-16H2,1H3. The highest BCUT2D eigenvalue weighted by atomic mass is 16.5. The lowest BCUT2D eigenvalue weighted by Crippen LogP contribution is -2.51. The molecule has 1 aromatic carbocycles. The van der Waals surface area contributed by atoms with Crippen molar-refractivity contribution in [1.82, 2.24) is 9.88 Å². The Bertz CT molecular complexity index is 860. The number of piperidine rings is 1. The van der Waals surface area contributed by atoms with Gasteiger partial charge in [0.2, 0.25) is 11.8 Å². The van der Waals surface area contributed by atoms with Crippen LogP contribution in [-0.4, -0.2) is 48.5 Å². The van der Waals surface area contributed by atoms with E-state index < -0.39 is 0 Å². The van der Waals surface area contributed by atoms with Crippen LogP contribution in [0.1, 0.15) is 30.4 Å². The maximum Gasteiger partial charge on any atom is 0.248 e. The summed E-state index contributed by atoms with van der Waals surface area (Å²) in [6, 6.07) is 12.1. The minimum absolute atomic E-state index is 0.0194. The first-order valence-electron chi connectivity index (χ1n) is 9.68. The van der Waals surface area contributed by atoms with Crippen LogP contribution in [0.2, 0.25) is 0 Å². The van der Waals surface area contributed by atoms with Gasteiger partial charge >= 0.3 is 0 Å². The number of pyridine rings is 1. The lowest BCUT2D eigenvalue weighted by Gasteiger charge is -2.47. The van der Waals surface area contributed by atoms with Crippen LogP contribution < -0.4 is 4.90 Å². The zero-order valence-electron chi connectivity index (χ0n) is 16.1. The molecule has 146 valence electrons. The Morgan fingerprint density at radius 1 is 1.18 bits per heavy atom. The molecule has 6 nitrogen and oxygen atoms in total. The van der Waals surface area contributed by atoms with Crippen molar-refractivity contribution in [3.63, 3.8) is 0 Å². The van der Waals surface area contributed by atoms with Gasteiger partial charge in [-0.1, -0.05) is 24.3 Å². The molecular weight excluding hydrogens is 354 g/mol. The number of anilines is 1. The third kappa shape index (κ3) is 3.40. The summed E-state index contributed by atoms with van der Waals surface area (Å²) in [7, 11) is 1.54. The van der Waals surface area contributed by atoms with Gasteiger partial charge in [-0.3, -0.25) is 14.6 Å². The Hall–Kier alpha value is -2.73. The van der Waals surface area contributed by atoms with Crippen LogP contribution in [0.15, 0.2) is 48.8 Å². The highest BCUT2D eigenvalue weighted by Crippen LogP contribution is 2.47. The molecule has 28 heavy (non-hydrogen) atoms. The number of carbonyl (C=O) groups is 2. The van der Waals surface area contributed by atoms with Gasteiger partial charge in [0.15, 0.2) is 0 Å². The van der Waals surface area contributed by atoms with Gasteiger partial charge in [0.05, 0.1) is 6.54 Å². The Morgan fingerprint density at radius 2 is 1.96 bits per heavy atom. The third-order valence-electron chi connectivity index (χ3n) is 5.96. The van der Waals surface area contributed by atoms with Crippen molar-refractivity contribution in [3.8, 4) is 0 Å². The van der Waals surface area contributed by atoms with Gasteiger partial charge in [0, 0.05) is 50.1 Å². The van der Waals surface area contributed by atoms with Crippen molar-refractivity contribution in [2.75, 3.05) is 31.7 Å². The molecule has 6 heteroatoms. The number of ether oxygens (including phenoxy) is 1. The summed E-state index contributed by atoms with van der Waals surface area (Å²) in [6.07, 6.45) is 5.62. The topological polar surface area (TPSA) is 62.7 Å². The van der Waals surface area contributed by atoms with Crippen molar-refractivity contribution in [3.05, 3.63) is 59.9 Å². The summed E-state index contributed by atoms with van der Waals surface area (Å²) >= 11 is 0. The van der Waals surface area contributed by atoms with E-state index in [1.807, 2.05) is 40.1 Å². The second kappa shape index (κ2) is 7.72. The van der Waals surface area contributed by atoms with Crippen LogP contribution in [0.5, 0.6) is 0 Å². The van der Waals surface area contributed by atoms with E-state index in [1.54, 1.807) is 12.4 Å². The summed E-state index contributed by atoms with van der Waals surface area (Å²) < 4.78 is 4.98. The van der Waals surface area contributed by atoms with Crippen molar-refractivity contribution in [2.24, 2.45) is 0 Å². The molecule has 2 aliphatic rings. The molecule has 2 amide bonds. The molecule has 2 aliphatic heterocycles. The molecule has 1 spiro atoms. The molecule has 1 fully saturated rings. The van der Waals surface area contributed by atoms with Crippen LogP contribution in [-0.2, 0) is 26.3 Å². The molecule has 1 aromatic heterocycles. The van der Waals surface area contributed by atoms with Gasteiger partial charge in [0.25, 0.3) is 0 Å². The SMILES string of the molecule is COCC(=O)N1CCC2(CC1)CC(=O)N(Cc1cccnc1)c1ccccc12. The van der Waals surface area contributed by atoms with E-state index >= 15 is 0 Å². The monoisotopic (exact) mass is 379 g/mol. The first-order valence-corrected chi connectivity index (χ1v) is 9.68. The highest BCUT2D eigenvalue weighted by Gasteiger charge is 2.45. The molecule has 0 aliphatic carbocycles. The maximum absolute atomic E-state index is 13.2. The first-order chi connectivity index (χ1) is 13.6. The van der Waals surface area contributed by atoms with Gasteiger partial charge in [-0.25, -0.2) is 0 Å². The summed E-state index contributed by atoms with van der Waals surface area (Å²) in [5.74, 6) is 0.158. The summed E-state index contributed by atoms with van der Waals surface area (Å²) in [5, 5.41) is 0. The zero-order valence-corrected chi connectivity index (χ0v) is 16.1. The van der Waals surface area contributed by atoms with E-state index in [-0.39, 0.29) is 23.8 Å². The van der Waals surface area contributed by atoms with E-state index in [4.69, 9.17) is 4.74 Å². The number of carbonyl (C=O) groups excluding carboxylic acids is 2. The maximum atomic E-state index is 13.2. The Balaban J connectivity index is 1.60. The fourth-order valence-corrected chi connectivity index (χ4v) is 4.46. The van der Waals surface area contributed by atoms with Gasteiger partial charge < -0.3 is 14.5 Å². The van der Waals surface area contributed by atoms with Gasteiger partial charge in [-0.15, -0.1) is 0 Å². The lowest BCUT2D eigenvalue weighted by molar-refractivity contribution is -0.137. The highest BCUT2D eigenvalue weighted by molar-refractivity contribution is 5.98. The van der Waals surface area contributed by atoms with Crippen LogP contribution in [0, 0.1) is 0 Å². The van der Waals surface area contributed by atoms with E-state index in [1.165, 1.54) is 12.7 Å². The van der Waals surface area contributed by atoms with E-state index in [2.05, 4.69) is 11.1 Å². The summed E-state index contributed by atoms with van der Waals surface area (Å²) in [5.41, 5.74) is 3.03. The van der Waals surface area contributed by atoms with Gasteiger partial charge in [-0.05, 0) is 36.1 Å². The van der Waals surface area contributed by atoms with Crippen LogP contribution in [0.4, 0.5) is 5.69 Å². The number of benzene rings is 1. The Kier molecular flexibility index (Phi) is 5.13. The molecule has 0 N–H and O–H groups in total. The molecule has 0 saturated carbocycles. The lowest BCUT2D eigenvalue weighted by atomic mass is 9.67. The van der Waals surface area contributed by atoms with Crippen LogP contribution in [0.3, 0.4) is 0 Å². The molecule has 4 rings (SSSR count). The predicted molar refractivity (Wildman–Crippen MR) is 106 cm³/mol. The number of fused-ring (bicyclic) bond motifs is 2. The van der Waals surface area contributed by atoms with E-state index in [9.17, 15) is 9.59 Å². The predicted octanol–water partition coefficient (Wildman–Crippen LogP) is 2.53. The van der Waals surface area contributed by atoms with Crippen molar-refractivity contribution in [2.45, 2.75) is 31.2 Å². The molecular formula is C22H25N3O3. The Labute approximate surface area is 165 Å². The molecule has 0 unspecified atom stereocenters. The number of hydrogen-bond donors (Lipinski definition) is 0. The number of methoxy groups -OCH3 is 1. The molecule has 3 heterocycles. The third-order valence-corrected chi connectivity index (χ3v) is 5.96. The van der Waals surface area contributed by atoms with Crippen molar-refractivity contribution >= 4 is 17.5 Å². The number of para-hydroxylation sites is 1. The van der Waals surface area contributed by atoms with Crippen molar-refractivity contribution < 1.29 is 14.3 Å². The molecule has 0 bridgehead atoms. The van der Waals surface area contributed by atoms with Gasteiger partial charge in [-0.2, -0.15) is 0 Å². The average molecular weight is 379 g/mol. The minimum atomic E-state index is -0.192. The van der Waals surface area contributed by atoms with Crippen LogP contribution in [0.25, 0.3) is 0 Å². The number of rotatable bonds is 4. The average Bonchev–Trinajstić information content (AvgIpc) is 2.73. The number of aromatic nitrogens is 1. The fraction of sp³-hybridized carbons (Fsp3) is 0.409. The zero-order chi connectivity index (χ0) is 19.6. The van der Waals surface area contributed by atoms with E-state index in [0.29, 0.717) is 26.1 Å². The largest absolute Gasteiger partial charge is 0.375 e. The second-order valence-corrected chi connectivity index (χ2v) is 7.63. The Morgan fingerprint density at radius 3 is 2.68 bits per heavy atom. The van der Waals surface area contributed by atoms with Crippen LogP contribution >= 0.6 is 0 Å². The number of likely N-dealkylation sites (tertiary alicyclic amines) is 1. The van der Waals surface area contributed by atoms with E-state index in [0.717, 1.165) is 24.1 Å². The molecule has 2 aromatic rings. The number of hydrogen-bond acceptors (Lipinski definition) is 4. The quantitative estimate of drug-likeness (QED) is 0.819. The second-order valence-electron chi connectivity index (χ2n) is 7.63.